The molecule has 0 saturated heterocycles. The molecule has 1 aromatic rings. The van der Waals surface area contributed by atoms with Gasteiger partial charge in [0.15, 0.2) is 9.84 Å². The molecule has 4 rings (SSSR count). The first kappa shape index (κ1) is 13.8. The van der Waals surface area contributed by atoms with Crippen LogP contribution in [0.3, 0.4) is 0 Å². The lowest BCUT2D eigenvalue weighted by molar-refractivity contribution is 0.303. The molecular formula is C17H23NO2S. The van der Waals surface area contributed by atoms with Gasteiger partial charge in [0.1, 0.15) is 0 Å². The molecule has 2 saturated carbocycles. The van der Waals surface area contributed by atoms with E-state index in [9.17, 15) is 8.42 Å². The first-order valence-electron chi connectivity index (χ1n) is 8.18. The van der Waals surface area contributed by atoms with Crippen LogP contribution in [0.2, 0.25) is 0 Å². The Morgan fingerprint density at radius 3 is 2.71 bits per heavy atom. The normalized spacial score (nSPS) is 36.6. The van der Waals surface area contributed by atoms with Crippen molar-refractivity contribution < 1.29 is 8.42 Å². The van der Waals surface area contributed by atoms with Crippen molar-refractivity contribution in [3.8, 4) is 0 Å². The van der Waals surface area contributed by atoms with Crippen molar-refractivity contribution >= 4 is 9.84 Å². The van der Waals surface area contributed by atoms with Crippen LogP contribution in [0.5, 0.6) is 0 Å². The average Bonchev–Trinajstić information content (AvgIpc) is 3.09. The Hall–Kier alpha value is -0.870. The molecule has 3 nitrogen and oxygen atoms in total. The van der Waals surface area contributed by atoms with Crippen LogP contribution in [0, 0.1) is 17.8 Å². The van der Waals surface area contributed by atoms with Crippen molar-refractivity contribution in [1.82, 2.24) is 5.32 Å². The van der Waals surface area contributed by atoms with Gasteiger partial charge in [-0.1, -0.05) is 24.6 Å². The molecule has 4 atom stereocenters. The minimum absolute atomic E-state index is 0.212. The molecule has 2 bridgehead atoms. The Kier molecular flexibility index (Phi) is 3.34. The van der Waals surface area contributed by atoms with Crippen molar-refractivity contribution in [3.05, 3.63) is 29.8 Å². The second-order valence-electron chi connectivity index (χ2n) is 7.04. The highest BCUT2D eigenvalue weighted by Crippen LogP contribution is 2.48. The third-order valence-electron chi connectivity index (χ3n) is 5.82. The third kappa shape index (κ3) is 2.42. The predicted octanol–water partition coefficient (Wildman–Crippen LogP) is 2.93. The smallest absolute Gasteiger partial charge is 0.178 e. The molecule has 3 aliphatic rings. The first-order chi connectivity index (χ1) is 10.1. The molecule has 1 aliphatic heterocycles. The fourth-order valence-electron chi connectivity index (χ4n) is 4.72. The van der Waals surface area contributed by atoms with Gasteiger partial charge < -0.3 is 5.32 Å². The largest absolute Gasteiger partial charge is 0.310 e. The number of sulfone groups is 1. The summed E-state index contributed by atoms with van der Waals surface area (Å²) in [5.74, 6) is 2.98. The van der Waals surface area contributed by atoms with E-state index < -0.39 is 9.84 Å². The van der Waals surface area contributed by atoms with Crippen LogP contribution in [-0.2, 0) is 9.84 Å². The molecule has 0 radical (unpaired) electrons. The molecule has 21 heavy (non-hydrogen) atoms. The van der Waals surface area contributed by atoms with Gasteiger partial charge in [0.25, 0.3) is 0 Å². The summed E-state index contributed by atoms with van der Waals surface area (Å²) < 4.78 is 24.3. The Labute approximate surface area is 127 Å². The van der Waals surface area contributed by atoms with E-state index in [-0.39, 0.29) is 11.8 Å². The molecule has 4 unspecified atom stereocenters. The maximum absolute atomic E-state index is 12.2. The summed E-state index contributed by atoms with van der Waals surface area (Å²) in [6.07, 6.45) is 6.37. The van der Waals surface area contributed by atoms with E-state index in [1.54, 1.807) is 6.07 Å². The average molecular weight is 305 g/mol. The van der Waals surface area contributed by atoms with Crippen LogP contribution in [0.25, 0.3) is 0 Å². The van der Waals surface area contributed by atoms with Gasteiger partial charge in [-0.2, -0.15) is 0 Å². The van der Waals surface area contributed by atoms with E-state index in [0.29, 0.717) is 11.3 Å². The van der Waals surface area contributed by atoms with E-state index in [1.165, 1.54) is 25.7 Å². The molecule has 0 aromatic heterocycles. The van der Waals surface area contributed by atoms with Gasteiger partial charge in [-0.25, -0.2) is 8.42 Å². The van der Waals surface area contributed by atoms with Gasteiger partial charge >= 0.3 is 0 Å². The van der Waals surface area contributed by atoms with Gasteiger partial charge in [0.05, 0.1) is 10.6 Å². The van der Waals surface area contributed by atoms with Crippen LogP contribution in [0.1, 0.15) is 43.7 Å². The molecule has 0 spiro atoms. The molecule has 1 aromatic carbocycles. The lowest BCUT2D eigenvalue weighted by atomic mass is 9.88. The minimum Gasteiger partial charge on any atom is -0.310 e. The standard InChI is InChI=1S/C17H23NO2S/c19-21(20)8-7-16(15-3-1-2-4-17(15)21)18-11-14-10-12-5-6-13(14)9-12/h1-4,12-14,16,18H,5-11H2. The van der Waals surface area contributed by atoms with Crippen LogP contribution in [0.15, 0.2) is 29.2 Å². The summed E-state index contributed by atoms with van der Waals surface area (Å²) in [5, 5.41) is 3.68. The predicted molar refractivity (Wildman–Crippen MR) is 82.8 cm³/mol. The van der Waals surface area contributed by atoms with E-state index in [2.05, 4.69) is 5.32 Å². The van der Waals surface area contributed by atoms with Gasteiger partial charge in [0.2, 0.25) is 0 Å². The number of rotatable bonds is 3. The summed E-state index contributed by atoms with van der Waals surface area (Å²) in [7, 11) is -3.06. The molecule has 2 aliphatic carbocycles. The third-order valence-corrected chi connectivity index (χ3v) is 7.63. The minimum atomic E-state index is -3.06. The molecule has 2 fully saturated rings. The van der Waals surface area contributed by atoms with Crippen LogP contribution in [-0.4, -0.2) is 20.7 Å². The summed E-state index contributed by atoms with van der Waals surface area (Å²) in [6.45, 7) is 1.06. The lowest BCUT2D eigenvalue weighted by Gasteiger charge is -2.29. The van der Waals surface area contributed by atoms with Crippen molar-refractivity contribution in [2.75, 3.05) is 12.3 Å². The quantitative estimate of drug-likeness (QED) is 0.934. The first-order valence-corrected chi connectivity index (χ1v) is 9.84. The topological polar surface area (TPSA) is 46.2 Å². The fraction of sp³-hybridized carbons (Fsp3) is 0.647. The summed E-state index contributed by atoms with van der Waals surface area (Å²) in [5.41, 5.74) is 0.979. The van der Waals surface area contributed by atoms with E-state index in [0.717, 1.165) is 29.9 Å². The highest BCUT2D eigenvalue weighted by molar-refractivity contribution is 7.91. The second kappa shape index (κ2) is 5.10. The van der Waals surface area contributed by atoms with Crippen LogP contribution < -0.4 is 5.32 Å². The monoisotopic (exact) mass is 305 g/mol. The number of nitrogens with one attached hydrogen (secondary N) is 1. The Bertz CT molecular complexity index is 640. The summed E-state index contributed by atoms with van der Waals surface area (Å²) in [4.78, 5) is 0.543. The zero-order chi connectivity index (χ0) is 14.4. The van der Waals surface area contributed by atoms with E-state index >= 15 is 0 Å². The van der Waals surface area contributed by atoms with E-state index in [4.69, 9.17) is 0 Å². The second-order valence-corrected chi connectivity index (χ2v) is 9.12. The molecule has 1 heterocycles. The highest BCUT2D eigenvalue weighted by atomic mass is 32.2. The zero-order valence-electron chi connectivity index (χ0n) is 12.3. The number of benzene rings is 1. The number of hydrogen-bond donors (Lipinski definition) is 1. The Balaban J connectivity index is 1.49. The van der Waals surface area contributed by atoms with Crippen LogP contribution >= 0.6 is 0 Å². The van der Waals surface area contributed by atoms with Crippen LogP contribution in [0.4, 0.5) is 0 Å². The summed E-state index contributed by atoms with van der Waals surface area (Å²) in [6, 6.07) is 7.73. The van der Waals surface area contributed by atoms with Gasteiger partial charge in [0, 0.05) is 6.04 Å². The molecule has 1 N–H and O–H groups in total. The summed E-state index contributed by atoms with van der Waals surface area (Å²) >= 11 is 0. The van der Waals surface area contributed by atoms with Crippen molar-refractivity contribution in [2.24, 2.45) is 17.8 Å². The lowest BCUT2D eigenvalue weighted by Crippen LogP contribution is -2.34. The van der Waals surface area contributed by atoms with Gasteiger partial charge in [-0.05, 0) is 61.6 Å². The van der Waals surface area contributed by atoms with E-state index in [1.807, 2.05) is 18.2 Å². The Morgan fingerprint density at radius 1 is 1.10 bits per heavy atom. The van der Waals surface area contributed by atoms with Gasteiger partial charge in [-0.15, -0.1) is 0 Å². The SMILES string of the molecule is O=S1(=O)CCC(NCC2CC3CCC2C3)c2ccccc21. The molecule has 114 valence electrons. The molecular weight excluding hydrogens is 282 g/mol. The maximum Gasteiger partial charge on any atom is 0.178 e. The Morgan fingerprint density at radius 2 is 1.95 bits per heavy atom. The van der Waals surface area contributed by atoms with Crippen molar-refractivity contribution in [2.45, 2.75) is 43.0 Å². The van der Waals surface area contributed by atoms with Gasteiger partial charge in [-0.3, -0.25) is 0 Å². The number of fused-ring (bicyclic) bond motifs is 3. The fourth-order valence-corrected chi connectivity index (χ4v) is 6.34. The molecule has 0 amide bonds. The maximum atomic E-state index is 12.2. The highest BCUT2D eigenvalue weighted by Gasteiger charge is 2.39. The van der Waals surface area contributed by atoms with Crippen molar-refractivity contribution in [3.63, 3.8) is 0 Å². The molecule has 4 heteroatoms. The zero-order valence-corrected chi connectivity index (χ0v) is 13.1. The number of hydrogen-bond acceptors (Lipinski definition) is 3. The van der Waals surface area contributed by atoms with Crippen molar-refractivity contribution in [1.29, 1.82) is 0 Å².